The number of carbonyl (C=O) groups is 3. The van der Waals surface area contributed by atoms with Crippen LogP contribution >= 0.6 is 11.6 Å². The van der Waals surface area contributed by atoms with E-state index in [4.69, 9.17) is 16.3 Å². The molecule has 13 heteroatoms. The number of halogens is 1. The number of hydrogen-bond donors (Lipinski definition) is 2. The minimum Gasteiger partial charge on any atom is -0.463 e. The summed E-state index contributed by atoms with van der Waals surface area (Å²) in [5.74, 6) is -1.28. The zero-order valence-electron chi connectivity index (χ0n) is 23.6. The van der Waals surface area contributed by atoms with Crippen molar-refractivity contribution in [2.45, 2.75) is 52.6 Å². The topological polar surface area (TPSA) is 144 Å². The number of pyridine rings is 1. The van der Waals surface area contributed by atoms with E-state index in [0.717, 1.165) is 21.5 Å². The number of nitrogens with zero attached hydrogens (tertiary/aromatic N) is 2. The highest BCUT2D eigenvalue weighted by Crippen LogP contribution is 2.25. The van der Waals surface area contributed by atoms with E-state index in [-0.39, 0.29) is 43.3 Å². The number of rotatable bonds is 15. The largest absolute Gasteiger partial charge is 0.463 e. The lowest BCUT2D eigenvalue weighted by atomic mass is 10.1. The van der Waals surface area contributed by atoms with Crippen molar-refractivity contribution in [2.24, 2.45) is 5.92 Å². The van der Waals surface area contributed by atoms with Gasteiger partial charge in [0.1, 0.15) is 18.3 Å². The number of hydrogen-bond acceptors (Lipinski definition) is 7. The zero-order chi connectivity index (χ0) is 30.6. The van der Waals surface area contributed by atoms with E-state index in [1.807, 2.05) is 13.8 Å². The maximum Gasteiger partial charge on any atom is 0.330 e. The van der Waals surface area contributed by atoms with Gasteiger partial charge in [-0.3, -0.25) is 18.7 Å². The molecule has 1 aromatic carbocycles. The Morgan fingerprint density at radius 3 is 2.41 bits per heavy atom. The van der Waals surface area contributed by atoms with Gasteiger partial charge in [-0.05, 0) is 68.5 Å². The predicted molar refractivity (Wildman–Crippen MR) is 159 cm³/mol. The van der Waals surface area contributed by atoms with Gasteiger partial charge >= 0.3 is 5.97 Å². The van der Waals surface area contributed by atoms with E-state index in [1.165, 1.54) is 54.7 Å². The number of nitrogens with one attached hydrogen (secondary N) is 2. The van der Waals surface area contributed by atoms with Crippen LogP contribution in [0.1, 0.15) is 40.0 Å². The third-order valence-corrected chi connectivity index (χ3v) is 7.24. The van der Waals surface area contributed by atoms with Crippen molar-refractivity contribution in [1.29, 1.82) is 0 Å². The standard InChI is InChI=1S/C28H37ClN4O7S/c1-5-40-26(35)11-7-6-10-24(33(41(4,38)39)22-14-12-21(29)13-15-22)27(36)31-23-9-8-18-32(28(23)37)19-25(34)30-17-16-20(2)3/h7-9,11-15,18,20,24H,5-6,10,16-17,19H2,1-4H3,(H,30,34)(H,31,36)/b11-7+/t24-/m0/s1. The van der Waals surface area contributed by atoms with Crippen LogP contribution in [0.2, 0.25) is 5.02 Å². The van der Waals surface area contributed by atoms with Gasteiger partial charge in [0.2, 0.25) is 21.8 Å². The van der Waals surface area contributed by atoms with Crippen molar-refractivity contribution < 1.29 is 27.5 Å². The van der Waals surface area contributed by atoms with Gasteiger partial charge in [-0.1, -0.05) is 31.5 Å². The van der Waals surface area contributed by atoms with Crippen LogP contribution in [-0.4, -0.2) is 56.2 Å². The van der Waals surface area contributed by atoms with E-state index in [9.17, 15) is 27.6 Å². The molecule has 0 unspecified atom stereocenters. The normalized spacial score (nSPS) is 12.2. The van der Waals surface area contributed by atoms with Gasteiger partial charge in [0.25, 0.3) is 5.56 Å². The number of amides is 2. The average molecular weight is 609 g/mol. The Bertz CT molecular complexity index is 1390. The molecule has 0 aliphatic heterocycles. The molecule has 2 amide bonds. The highest BCUT2D eigenvalue weighted by molar-refractivity contribution is 7.92. The van der Waals surface area contributed by atoms with Crippen LogP contribution in [0.5, 0.6) is 0 Å². The summed E-state index contributed by atoms with van der Waals surface area (Å²) >= 11 is 5.98. The minimum atomic E-state index is -4.00. The highest BCUT2D eigenvalue weighted by Gasteiger charge is 2.33. The van der Waals surface area contributed by atoms with Crippen molar-refractivity contribution in [3.8, 4) is 0 Å². The van der Waals surface area contributed by atoms with Gasteiger partial charge in [0.15, 0.2) is 0 Å². The molecule has 0 saturated carbocycles. The smallest absolute Gasteiger partial charge is 0.330 e. The third-order valence-electron chi connectivity index (χ3n) is 5.81. The molecule has 2 rings (SSSR count). The number of benzene rings is 1. The first-order chi connectivity index (χ1) is 19.3. The quantitative estimate of drug-likeness (QED) is 0.233. The Kier molecular flexibility index (Phi) is 13.1. The number of anilines is 2. The van der Waals surface area contributed by atoms with Crippen LogP contribution in [0, 0.1) is 5.92 Å². The first kappa shape index (κ1) is 33.6. The van der Waals surface area contributed by atoms with E-state index in [0.29, 0.717) is 17.5 Å². The fraction of sp³-hybridized carbons (Fsp3) is 0.429. The molecule has 11 nitrogen and oxygen atoms in total. The SMILES string of the molecule is CCOC(=O)/C=C/CC[C@@H](C(=O)Nc1cccn(CC(=O)NCCC(C)C)c1=O)N(c1ccc(Cl)cc1)S(C)(=O)=O. The molecule has 0 radical (unpaired) electrons. The fourth-order valence-electron chi connectivity index (χ4n) is 3.85. The van der Waals surface area contributed by atoms with Crippen molar-refractivity contribution in [3.05, 3.63) is 70.1 Å². The fourth-order valence-corrected chi connectivity index (χ4v) is 5.15. The Morgan fingerprint density at radius 2 is 1.80 bits per heavy atom. The maximum atomic E-state index is 13.6. The number of aromatic nitrogens is 1. The number of ether oxygens (including phenoxy) is 1. The van der Waals surface area contributed by atoms with E-state index < -0.39 is 33.5 Å². The lowest BCUT2D eigenvalue weighted by Gasteiger charge is -2.30. The molecule has 0 bridgehead atoms. The zero-order valence-corrected chi connectivity index (χ0v) is 25.2. The van der Waals surface area contributed by atoms with Crippen LogP contribution < -0.4 is 20.5 Å². The first-order valence-electron chi connectivity index (χ1n) is 13.2. The maximum absolute atomic E-state index is 13.6. The average Bonchev–Trinajstić information content (AvgIpc) is 2.88. The lowest BCUT2D eigenvalue weighted by Crippen LogP contribution is -2.48. The van der Waals surface area contributed by atoms with Crippen LogP contribution in [0.25, 0.3) is 0 Å². The van der Waals surface area contributed by atoms with E-state index >= 15 is 0 Å². The van der Waals surface area contributed by atoms with Gasteiger partial charge in [0.05, 0.1) is 18.6 Å². The van der Waals surface area contributed by atoms with Crippen LogP contribution in [0.15, 0.2) is 59.5 Å². The summed E-state index contributed by atoms with van der Waals surface area (Å²) in [6.45, 7) is 6.15. The van der Waals surface area contributed by atoms with Crippen LogP contribution in [0.3, 0.4) is 0 Å². The third kappa shape index (κ3) is 11.0. The molecule has 2 aromatic rings. The summed E-state index contributed by atoms with van der Waals surface area (Å²) < 4.78 is 32.8. The number of sulfonamides is 1. The van der Waals surface area contributed by atoms with Crippen LogP contribution in [-0.2, 0) is 35.7 Å². The van der Waals surface area contributed by atoms with Gasteiger partial charge in [0, 0.05) is 23.8 Å². The van der Waals surface area contributed by atoms with Crippen molar-refractivity contribution in [1.82, 2.24) is 9.88 Å². The molecular formula is C28H37ClN4O7S. The molecule has 0 fully saturated rings. The summed E-state index contributed by atoms with van der Waals surface area (Å²) in [4.78, 5) is 50.6. The summed E-state index contributed by atoms with van der Waals surface area (Å²) in [6, 6.07) is 7.49. The second-order valence-electron chi connectivity index (χ2n) is 9.66. The van der Waals surface area contributed by atoms with Gasteiger partial charge < -0.3 is 19.9 Å². The molecule has 41 heavy (non-hydrogen) atoms. The first-order valence-corrected chi connectivity index (χ1v) is 15.4. The number of esters is 1. The summed E-state index contributed by atoms with van der Waals surface area (Å²) in [5.41, 5.74) is -0.558. The molecule has 2 N–H and O–H groups in total. The van der Waals surface area contributed by atoms with Gasteiger partial charge in [-0.25, -0.2) is 13.2 Å². The lowest BCUT2D eigenvalue weighted by molar-refractivity contribution is -0.137. The molecule has 0 saturated heterocycles. The molecular weight excluding hydrogens is 572 g/mol. The van der Waals surface area contributed by atoms with Crippen molar-refractivity contribution >= 4 is 50.8 Å². The second kappa shape index (κ2) is 16.0. The highest BCUT2D eigenvalue weighted by atomic mass is 35.5. The monoisotopic (exact) mass is 608 g/mol. The Hall–Kier alpha value is -3.64. The van der Waals surface area contributed by atoms with E-state index in [2.05, 4.69) is 10.6 Å². The predicted octanol–water partition coefficient (Wildman–Crippen LogP) is 3.34. The molecule has 0 aliphatic carbocycles. The summed E-state index contributed by atoms with van der Waals surface area (Å²) in [7, 11) is -4.00. The van der Waals surface area contributed by atoms with Gasteiger partial charge in [-0.15, -0.1) is 0 Å². The number of carbonyl (C=O) groups excluding carboxylic acids is 3. The summed E-state index contributed by atoms with van der Waals surface area (Å²) in [5, 5.41) is 5.67. The molecule has 0 aliphatic rings. The molecule has 0 spiro atoms. The summed E-state index contributed by atoms with van der Waals surface area (Å²) in [6.07, 6.45) is 5.97. The van der Waals surface area contributed by atoms with E-state index in [1.54, 1.807) is 6.92 Å². The molecule has 224 valence electrons. The molecule has 1 aromatic heterocycles. The number of allylic oxidation sites excluding steroid dienone is 1. The Morgan fingerprint density at radius 1 is 1.12 bits per heavy atom. The molecule has 1 heterocycles. The minimum absolute atomic E-state index is 0.0310. The van der Waals surface area contributed by atoms with Gasteiger partial charge in [-0.2, -0.15) is 0 Å². The Labute approximate surface area is 245 Å². The second-order valence-corrected chi connectivity index (χ2v) is 12.0. The van der Waals surface area contributed by atoms with Crippen molar-refractivity contribution in [2.75, 3.05) is 29.0 Å². The van der Waals surface area contributed by atoms with Crippen molar-refractivity contribution in [3.63, 3.8) is 0 Å². The Balaban J connectivity index is 2.35. The molecule has 1 atom stereocenters. The van der Waals surface area contributed by atoms with Crippen LogP contribution in [0.4, 0.5) is 11.4 Å².